The molecule has 2 N–H and O–H groups in total. The molecule has 2 aromatic heterocycles. The highest BCUT2D eigenvalue weighted by Gasteiger charge is 2.40. The predicted molar refractivity (Wildman–Crippen MR) is 102 cm³/mol. The van der Waals surface area contributed by atoms with E-state index >= 15 is 0 Å². The van der Waals surface area contributed by atoms with Crippen LogP contribution in [-0.2, 0) is 9.59 Å². The summed E-state index contributed by atoms with van der Waals surface area (Å²) in [4.78, 5) is 29.3. The van der Waals surface area contributed by atoms with Gasteiger partial charge < -0.3 is 10.6 Å². The zero-order valence-corrected chi connectivity index (χ0v) is 15.6. The average molecular weight is 375 g/mol. The number of imidazole rings is 1. The van der Waals surface area contributed by atoms with Crippen molar-refractivity contribution in [1.29, 1.82) is 0 Å². The first kappa shape index (κ1) is 18.5. The zero-order valence-electron chi connectivity index (χ0n) is 14.8. The molecule has 0 aromatic carbocycles. The molecule has 3 rings (SSSR count). The lowest BCUT2D eigenvalue weighted by Crippen LogP contribution is -2.59. The minimum absolute atomic E-state index is 0.103. The Morgan fingerprint density at radius 3 is 2.81 bits per heavy atom. The van der Waals surface area contributed by atoms with Crippen molar-refractivity contribution < 1.29 is 9.59 Å². The highest BCUT2D eigenvalue weighted by molar-refractivity contribution is 6.31. The third-order valence-electron chi connectivity index (χ3n) is 4.76. The third-order valence-corrected chi connectivity index (χ3v) is 5.03. The standard InChI is InChI=1S/C19H23ClN4O2/c1-2-21-18(26)19(11-5-3-6-12-19)23-16(25)10-9-14-17(20)22-15-8-4-7-13-24(14)15/h4,7-10,13H,2-3,5-6,11-12H2,1H3,(H,21,26)(H,23,25). The largest absolute Gasteiger partial charge is 0.354 e. The summed E-state index contributed by atoms with van der Waals surface area (Å²) in [7, 11) is 0. The zero-order chi connectivity index (χ0) is 18.6. The summed E-state index contributed by atoms with van der Waals surface area (Å²) < 4.78 is 1.81. The number of pyridine rings is 1. The van der Waals surface area contributed by atoms with Gasteiger partial charge in [-0.05, 0) is 38.0 Å². The Morgan fingerprint density at radius 1 is 1.31 bits per heavy atom. The lowest BCUT2D eigenvalue weighted by molar-refractivity contribution is -0.133. The number of amides is 2. The minimum Gasteiger partial charge on any atom is -0.354 e. The third kappa shape index (κ3) is 3.75. The van der Waals surface area contributed by atoms with Gasteiger partial charge in [0.25, 0.3) is 0 Å². The van der Waals surface area contributed by atoms with Crippen molar-refractivity contribution in [2.45, 2.75) is 44.6 Å². The van der Waals surface area contributed by atoms with Crippen molar-refractivity contribution in [1.82, 2.24) is 20.0 Å². The summed E-state index contributed by atoms with van der Waals surface area (Å²) in [6.07, 6.45) is 9.15. The van der Waals surface area contributed by atoms with E-state index in [1.54, 1.807) is 6.08 Å². The van der Waals surface area contributed by atoms with E-state index in [2.05, 4.69) is 15.6 Å². The van der Waals surface area contributed by atoms with Crippen LogP contribution in [0.25, 0.3) is 11.7 Å². The molecule has 2 aromatic rings. The lowest BCUT2D eigenvalue weighted by atomic mass is 9.80. The van der Waals surface area contributed by atoms with E-state index in [1.807, 2.05) is 35.7 Å². The molecular weight excluding hydrogens is 352 g/mol. The van der Waals surface area contributed by atoms with Crippen molar-refractivity contribution in [3.63, 3.8) is 0 Å². The van der Waals surface area contributed by atoms with Crippen molar-refractivity contribution in [2.24, 2.45) is 0 Å². The van der Waals surface area contributed by atoms with Crippen molar-refractivity contribution in [3.8, 4) is 0 Å². The summed E-state index contributed by atoms with van der Waals surface area (Å²) in [5.41, 5.74) is 0.524. The number of carbonyl (C=O) groups excluding carboxylic acids is 2. The van der Waals surface area contributed by atoms with Crippen LogP contribution in [0.2, 0.25) is 5.15 Å². The molecule has 0 bridgehead atoms. The van der Waals surface area contributed by atoms with E-state index in [4.69, 9.17) is 11.6 Å². The molecule has 0 spiro atoms. The van der Waals surface area contributed by atoms with Gasteiger partial charge in [-0.1, -0.05) is 36.9 Å². The van der Waals surface area contributed by atoms with Gasteiger partial charge in [-0.15, -0.1) is 0 Å². The lowest BCUT2D eigenvalue weighted by Gasteiger charge is -2.36. The number of hydrogen-bond acceptors (Lipinski definition) is 3. The van der Waals surface area contributed by atoms with E-state index in [0.717, 1.165) is 19.3 Å². The number of rotatable bonds is 5. The van der Waals surface area contributed by atoms with Gasteiger partial charge in [0.15, 0.2) is 5.15 Å². The number of carbonyl (C=O) groups is 2. The van der Waals surface area contributed by atoms with Gasteiger partial charge in [0.1, 0.15) is 11.2 Å². The van der Waals surface area contributed by atoms with Crippen LogP contribution >= 0.6 is 11.6 Å². The molecule has 1 aliphatic rings. The van der Waals surface area contributed by atoms with Crippen molar-refractivity contribution in [3.05, 3.63) is 41.3 Å². The van der Waals surface area contributed by atoms with Gasteiger partial charge in [-0.25, -0.2) is 4.98 Å². The van der Waals surface area contributed by atoms with Gasteiger partial charge in [-0.3, -0.25) is 14.0 Å². The van der Waals surface area contributed by atoms with E-state index in [0.29, 0.717) is 35.9 Å². The Morgan fingerprint density at radius 2 is 2.08 bits per heavy atom. The average Bonchev–Trinajstić information content (AvgIpc) is 2.96. The quantitative estimate of drug-likeness (QED) is 0.790. The van der Waals surface area contributed by atoms with Crippen LogP contribution in [0.15, 0.2) is 30.5 Å². The molecule has 7 heteroatoms. The molecule has 138 valence electrons. The molecule has 1 fully saturated rings. The molecule has 2 amide bonds. The summed E-state index contributed by atoms with van der Waals surface area (Å²) in [5, 5.41) is 6.12. The highest BCUT2D eigenvalue weighted by atomic mass is 35.5. The van der Waals surface area contributed by atoms with Crippen LogP contribution in [0, 0.1) is 0 Å². The van der Waals surface area contributed by atoms with Crippen LogP contribution in [0.4, 0.5) is 0 Å². The number of aromatic nitrogens is 2. The monoisotopic (exact) mass is 374 g/mol. The molecule has 0 unspecified atom stereocenters. The molecule has 0 radical (unpaired) electrons. The summed E-state index contributed by atoms with van der Waals surface area (Å²) in [6.45, 7) is 2.42. The van der Waals surface area contributed by atoms with Crippen LogP contribution in [0.5, 0.6) is 0 Å². The molecule has 0 aliphatic heterocycles. The fraction of sp³-hybridized carbons (Fsp3) is 0.421. The van der Waals surface area contributed by atoms with Gasteiger partial charge in [-0.2, -0.15) is 0 Å². The Labute approximate surface area is 157 Å². The van der Waals surface area contributed by atoms with Crippen molar-refractivity contribution >= 4 is 35.1 Å². The summed E-state index contributed by atoms with van der Waals surface area (Å²) >= 11 is 6.18. The van der Waals surface area contributed by atoms with Gasteiger partial charge >= 0.3 is 0 Å². The molecule has 1 saturated carbocycles. The molecule has 6 nitrogen and oxygen atoms in total. The Kier molecular flexibility index (Phi) is 5.61. The minimum atomic E-state index is -0.820. The number of nitrogens with zero attached hydrogens (tertiary/aromatic N) is 2. The Bertz CT molecular complexity index is 837. The first-order valence-electron chi connectivity index (χ1n) is 8.97. The van der Waals surface area contributed by atoms with Crippen LogP contribution in [0.1, 0.15) is 44.7 Å². The smallest absolute Gasteiger partial charge is 0.245 e. The fourth-order valence-electron chi connectivity index (χ4n) is 3.46. The fourth-order valence-corrected chi connectivity index (χ4v) is 3.70. The van der Waals surface area contributed by atoms with E-state index in [1.165, 1.54) is 6.08 Å². The van der Waals surface area contributed by atoms with Crippen LogP contribution in [0.3, 0.4) is 0 Å². The molecule has 0 atom stereocenters. The Balaban J connectivity index is 1.78. The second kappa shape index (κ2) is 7.91. The van der Waals surface area contributed by atoms with Crippen molar-refractivity contribution in [2.75, 3.05) is 6.54 Å². The maximum Gasteiger partial charge on any atom is 0.245 e. The number of nitrogens with one attached hydrogen (secondary N) is 2. The molecule has 0 saturated heterocycles. The van der Waals surface area contributed by atoms with E-state index in [-0.39, 0.29) is 11.8 Å². The van der Waals surface area contributed by atoms with Gasteiger partial charge in [0, 0.05) is 18.8 Å². The molecule has 2 heterocycles. The molecule has 26 heavy (non-hydrogen) atoms. The maximum atomic E-state index is 12.5. The van der Waals surface area contributed by atoms with Gasteiger partial charge in [0.2, 0.25) is 11.8 Å². The first-order chi connectivity index (χ1) is 12.6. The topological polar surface area (TPSA) is 75.5 Å². The molecular formula is C19H23ClN4O2. The highest BCUT2D eigenvalue weighted by Crippen LogP contribution is 2.28. The normalized spacial score (nSPS) is 16.7. The number of likely N-dealkylation sites (N-methyl/N-ethyl adjacent to an activating group) is 1. The first-order valence-corrected chi connectivity index (χ1v) is 9.34. The van der Waals surface area contributed by atoms with Gasteiger partial charge in [0.05, 0.1) is 5.69 Å². The second-order valence-electron chi connectivity index (χ2n) is 6.54. The predicted octanol–water partition coefficient (Wildman–Crippen LogP) is 2.96. The maximum absolute atomic E-state index is 12.5. The number of hydrogen-bond donors (Lipinski definition) is 2. The molecule has 1 aliphatic carbocycles. The van der Waals surface area contributed by atoms with E-state index < -0.39 is 5.54 Å². The number of fused-ring (bicyclic) bond motifs is 1. The van der Waals surface area contributed by atoms with Crippen LogP contribution in [-0.4, -0.2) is 33.3 Å². The summed E-state index contributed by atoms with van der Waals surface area (Å²) in [5.74, 6) is -0.408. The SMILES string of the molecule is CCNC(=O)C1(NC(=O)C=Cc2c(Cl)nc3ccccn23)CCCCC1. The summed E-state index contributed by atoms with van der Waals surface area (Å²) in [6, 6.07) is 5.59. The van der Waals surface area contributed by atoms with Crippen LogP contribution < -0.4 is 10.6 Å². The van der Waals surface area contributed by atoms with E-state index in [9.17, 15) is 9.59 Å². The second-order valence-corrected chi connectivity index (χ2v) is 6.90. The number of halogens is 1. The Hall–Kier alpha value is -2.34.